The number of aromatic amines is 1. The van der Waals surface area contributed by atoms with Crippen molar-refractivity contribution in [2.45, 2.75) is 48.5 Å². The van der Waals surface area contributed by atoms with Gasteiger partial charge < -0.3 is 4.98 Å². The molecule has 1 nitrogen and oxygen atoms in total. The summed E-state index contributed by atoms with van der Waals surface area (Å²) >= 11 is 0. The van der Waals surface area contributed by atoms with E-state index in [0.717, 1.165) is 0 Å². The van der Waals surface area contributed by atoms with Crippen molar-refractivity contribution in [3.05, 3.63) is 60.2 Å². The fraction of sp³-hybridized carbons (Fsp3) is 0.333. The lowest BCUT2D eigenvalue weighted by Gasteiger charge is -1.95. The van der Waals surface area contributed by atoms with Crippen LogP contribution in [0.15, 0.2) is 54.6 Å². The Kier molecular flexibility index (Phi) is 10.6. The van der Waals surface area contributed by atoms with Crippen molar-refractivity contribution in [2.75, 3.05) is 0 Å². The molecule has 0 saturated carbocycles. The topological polar surface area (TPSA) is 15.8 Å². The monoisotopic (exact) mass is 297 g/mol. The number of hydrogen-bond donors (Lipinski definition) is 1. The molecule has 0 aliphatic heterocycles. The Bertz CT molecular complexity index is 621. The zero-order chi connectivity index (χ0) is 17.0. The molecular weight excluding hydrogens is 266 g/mol. The average Bonchev–Trinajstić information content (AvgIpc) is 3.04. The minimum absolute atomic E-state index is 1.18. The van der Waals surface area contributed by atoms with Crippen LogP contribution in [0, 0.1) is 6.92 Å². The summed E-state index contributed by atoms with van der Waals surface area (Å²) in [6, 6.07) is 19.1. The van der Waals surface area contributed by atoms with Crippen LogP contribution in [-0.2, 0) is 0 Å². The van der Waals surface area contributed by atoms with Crippen LogP contribution in [0.2, 0.25) is 0 Å². The second-order valence-corrected chi connectivity index (χ2v) is 4.14. The summed E-state index contributed by atoms with van der Waals surface area (Å²) in [5.41, 5.74) is 4.91. The molecule has 1 aromatic heterocycles. The van der Waals surface area contributed by atoms with Crippen LogP contribution in [0.3, 0.4) is 0 Å². The van der Waals surface area contributed by atoms with Gasteiger partial charge in [0.25, 0.3) is 0 Å². The molecule has 0 bridgehead atoms. The third-order valence-electron chi connectivity index (χ3n) is 2.86. The Morgan fingerprint density at radius 3 is 1.86 bits per heavy atom. The van der Waals surface area contributed by atoms with E-state index in [1.807, 2.05) is 47.6 Å². The first-order valence-electron chi connectivity index (χ1n) is 8.48. The van der Waals surface area contributed by atoms with Crippen LogP contribution in [0.25, 0.3) is 22.2 Å². The Labute approximate surface area is 136 Å². The molecule has 1 heterocycles. The summed E-state index contributed by atoms with van der Waals surface area (Å²) < 4.78 is 0. The molecule has 0 amide bonds. The Morgan fingerprint density at radius 1 is 0.682 bits per heavy atom. The van der Waals surface area contributed by atoms with Gasteiger partial charge in [0, 0.05) is 16.6 Å². The smallest absolute Gasteiger partial charge is 0.0464 e. The van der Waals surface area contributed by atoms with E-state index in [9.17, 15) is 0 Å². The lowest BCUT2D eigenvalue weighted by Crippen LogP contribution is -1.74. The number of hydrogen-bond acceptors (Lipinski definition) is 0. The zero-order valence-corrected chi connectivity index (χ0v) is 15.2. The molecule has 0 atom stereocenters. The Hall–Kier alpha value is -2.02. The molecule has 1 N–H and O–H groups in total. The number of aromatic nitrogens is 1. The van der Waals surface area contributed by atoms with Gasteiger partial charge in [-0.1, -0.05) is 83.5 Å². The van der Waals surface area contributed by atoms with Gasteiger partial charge in [0.05, 0.1) is 0 Å². The van der Waals surface area contributed by atoms with E-state index in [1.165, 1.54) is 27.7 Å². The van der Waals surface area contributed by atoms with Gasteiger partial charge in [0.1, 0.15) is 0 Å². The Balaban J connectivity index is 0.000000661. The van der Waals surface area contributed by atoms with E-state index in [1.54, 1.807) is 0 Å². The van der Waals surface area contributed by atoms with E-state index in [2.05, 4.69) is 60.4 Å². The van der Waals surface area contributed by atoms with E-state index in [-0.39, 0.29) is 0 Å². The van der Waals surface area contributed by atoms with Gasteiger partial charge in [-0.15, -0.1) is 0 Å². The van der Waals surface area contributed by atoms with Gasteiger partial charge in [-0.2, -0.15) is 0 Å². The van der Waals surface area contributed by atoms with Crippen molar-refractivity contribution in [3.63, 3.8) is 0 Å². The van der Waals surface area contributed by atoms with Crippen LogP contribution >= 0.6 is 0 Å². The van der Waals surface area contributed by atoms with Crippen molar-refractivity contribution in [1.82, 2.24) is 4.98 Å². The third kappa shape index (κ3) is 5.40. The molecule has 3 aromatic rings. The predicted molar refractivity (Wildman–Crippen MR) is 103 cm³/mol. The second-order valence-electron chi connectivity index (χ2n) is 4.14. The maximum absolute atomic E-state index is 3.44. The van der Waals surface area contributed by atoms with Gasteiger partial charge in [0.2, 0.25) is 0 Å². The first kappa shape index (κ1) is 20.0. The molecule has 22 heavy (non-hydrogen) atoms. The number of benzene rings is 2. The molecule has 0 radical (unpaired) electrons. The number of fused-ring (bicyclic) bond motifs is 1. The summed E-state index contributed by atoms with van der Waals surface area (Å²) in [5, 5.41) is 1.28. The zero-order valence-electron chi connectivity index (χ0n) is 15.2. The highest BCUT2D eigenvalue weighted by atomic mass is 14.7. The number of rotatable bonds is 1. The SMILES string of the molecule is CC.CC.CC.Cc1ccc2[nH]c(-c3ccccc3)cc2c1. The first-order chi connectivity index (χ1) is 10.8. The average molecular weight is 297 g/mol. The van der Waals surface area contributed by atoms with Crippen LogP contribution in [0.4, 0.5) is 0 Å². The van der Waals surface area contributed by atoms with E-state index >= 15 is 0 Å². The molecular formula is C21H31N. The highest BCUT2D eigenvalue weighted by Crippen LogP contribution is 2.24. The maximum atomic E-state index is 3.44. The van der Waals surface area contributed by atoms with E-state index in [0.29, 0.717) is 0 Å². The van der Waals surface area contributed by atoms with Crippen molar-refractivity contribution in [2.24, 2.45) is 0 Å². The molecule has 1 heteroatoms. The number of aryl methyl sites for hydroxylation is 1. The first-order valence-corrected chi connectivity index (χ1v) is 8.48. The maximum Gasteiger partial charge on any atom is 0.0464 e. The summed E-state index contributed by atoms with van der Waals surface area (Å²) in [7, 11) is 0. The van der Waals surface area contributed by atoms with Crippen LogP contribution in [0.1, 0.15) is 47.1 Å². The van der Waals surface area contributed by atoms with Gasteiger partial charge in [-0.05, 0) is 30.7 Å². The minimum atomic E-state index is 1.18. The van der Waals surface area contributed by atoms with E-state index < -0.39 is 0 Å². The lowest BCUT2D eigenvalue weighted by atomic mass is 10.1. The van der Waals surface area contributed by atoms with Gasteiger partial charge in [-0.3, -0.25) is 0 Å². The van der Waals surface area contributed by atoms with Crippen LogP contribution in [0.5, 0.6) is 0 Å². The highest BCUT2D eigenvalue weighted by Gasteiger charge is 2.02. The highest BCUT2D eigenvalue weighted by molar-refractivity contribution is 5.86. The van der Waals surface area contributed by atoms with E-state index in [4.69, 9.17) is 0 Å². The van der Waals surface area contributed by atoms with Crippen molar-refractivity contribution >= 4 is 10.9 Å². The standard InChI is InChI=1S/C15H13N.3C2H6/c1-11-7-8-14-13(9-11)10-15(16-14)12-5-3-2-4-6-12;3*1-2/h2-10,16H,1H3;3*1-2H3. The molecule has 0 aliphatic rings. The molecule has 2 aromatic carbocycles. The number of H-pyrrole nitrogens is 1. The second kappa shape index (κ2) is 11.6. The van der Waals surface area contributed by atoms with Gasteiger partial charge in [-0.25, -0.2) is 0 Å². The van der Waals surface area contributed by atoms with Crippen molar-refractivity contribution in [3.8, 4) is 11.3 Å². The fourth-order valence-electron chi connectivity index (χ4n) is 2.03. The molecule has 120 valence electrons. The summed E-state index contributed by atoms with van der Waals surface area (Å²) in [4.78, 5) is 3.44. The summed E-state index contributed by atoms with van der Waals surface area (Å²) in [6.07, 6.45) is 0. The van der Waals surface area contributed by atoms with Gasteiger partial charge in [0.15, 0.2) is 0 Å². The van der Waals surface area contributed by atoms with Crippen LogP contribution < -0.4 is 0 Å². The quantitative estimate of drug-likeness (QED) is 0.488. The Morgan fingerprint density at radius 2 is 1.27 bits per heavy atom. The molecule has 0 fully saturated rings. The van der Waals surface area contributed by atoms with Gasteiger partial charge >= 0.3 is 0 Å². The molecule has 0 unspecified atom stereocenters. The lowest BCUT2D eigenvalue weighted by molar-refractivity contribution is 1.44. The molecule has 0 spiro atoms. The van der Waals surface area contributed by atoms with Crippen LogP contribution in [-0.4, -0.2) is 4.98 Å². The molecule has 0 saturated heterocycles. The normalized spacial score (nSPS) is 8.68. The minimum Gasteiger partial charge on any atom is -0.355 e. The van der Waals surface area contributed by atoms with Crippen molar-refractivity contribution < 1.29 is 0 Å². The third-order valence-corrected chi connectivity index (χ3v) is 2.86. The predicted octanol–water partition coefficient (Wildman–Crippen LogP) is 7.22. The molecule has 0 aliphatic carbocycles. The molecule has 3 rings (SSSR count). The summed E-state index contributed by atoms with van der Waals surface area (Å²) in [5.74, 6) is 0. The largest absolute Gasteiger partial charge is 0.355 e. The fourth-order valence-corrected chi connectivity index (χ4v) is 2.03. The van der Waals surface area contributed by atoms with Crippen molar-refractivity contribution in [1.29, 1.82) is 0 Å². The summed E-state index contributed by atoms with van der Waals surface area (Å²) in [6.45, 7) is 14.1. The number of nitrogens with one attached hydrogen (secondary N) is 1.